The molecule has 2 heterocycles. The highest BCUT2D eigenvalue weighted by molar-refractivity contribution is 6.22. The van der Waals surface area contributed by atoms with Gasteiger partial charge in [0.2, 0.25) is 5.88 Å². The van der Waals surface area contributed by atoms with Crippen LogP contribution in [0.25, 0.3) is 6.08 Å². The number of carbonyl (C=O) groups excluding carboxylic acids is 2. The van der Waals surface area contributed by atoms with Crippen molar-refractivity contribution in [3.8, 4) is 5.88 Å². The van der Waals surface area contributed by atoms with Gasteiger partial charge in [-0.05, 0) is 24.6 Å². The van der Waals surface area contributed by atoms with E-state index in [1.165, 1.54) is 52.7 Å². The van der Waals surface area contributed by atoms with Gasteiger partial charge < -0.3 is 5.11 Å². The number of aromatic nitrogens is 2. The van der Waals surface area contributed by atoms with E-state index in [4.69, 9.17) is 0 Å². The molecule has 1 aromatic heterocycles. The molecule has 2 amide bonds. The molecule has 118 valence electrons. The Morgan fingerprint density at radius 3 is 1.86 bits per heavy atom. The lowest BCUT2D eigenvalue weighted by atomic mass is 10.1. The highest BCUT2D eigenvalue weighted by Gasteiger charge is 2.35. The van der Waals surface area contributed by atoms with Gasteiger partial charge in [0.1, 0.15) is 11.1 Å². The highest BCUT2D eigenvalue weighted by Crippen LogP contribution is 2.20. The van der Waals surface area contributed by atoms with Crippen molar-refractivity contribution >= 4 is 17.9 Å². The largest absolute Gasteiger partial charge is 0.493 e. The Hall–Kier alpha value is -2.77. The van der Waals surface area contributed by atoms with E-state index in [0.29, 0.717) is 5.57 Å². The second-order valence-corrected chi connectivity index (χ2v) is 5.19. The molecule has 8 heteroatoms. The van der Waals surface area contributed by atoms with E-state index in [9.17, 15) is 19.5 Å². The molecule has 1 aliphatic rings. The standard InChI is InChI=1S/C14H18N4O4/c1-8(6-9-11(19)15(2)16(3)12(9)20)7-10-13(21)17(4)18(5)14(10)22/h6-7,19H,1-5H3. The molecule has 1 N–H and O–H groups in total. The topological polar surface area (TPSA) is 87.8 Å². The van der Waals surface area contributed by atoms with Crippen LogP contribution >= 0.6 is 0 Å². The van der Waals surface area contributed by atoms with Gasteiger partial charge >= 0.3 is 0 Å². The summed E-state index contributed by atoms with van der Waals surface area (Å²) in [6, 6.07) is 0. The summed E-state index contributed by atoms with van der Waals surface area (Å²) in [5.74, 6) is -1.00. The molecule has 1 fully saturated rings. The molecule has 1 aromatic rings. The number of aromatic hydroxyl groups is 1. The lowest BCUT2D eigenvalue weighted by Gasteiger charge is -2.16. The van der Waals surface area contributed by atoms with Crippen LogP contribution in [0.3, 0.4) is 0 Å². The molecule has 0 saturated carbocycles. The lowest BCUT2D eigenvalue weighted by molar-refractivity contribution is -0.141. The van der Waals surface area contributed by atoms with Crippen LogP contribution in [-0.2, 0) is 23.7 Å². The molecule has 2 rings (SSSR count). The van der Waals surface area contributed by atoms with Crippen molar-refractivity contribution in [1.82, 2.24) is 19.4 Å². The van der Waals surface area contributed by atoms with Crippen LogP contribution in [0, 0.1) is 0 Å². The van der Waals surface area contributed by atoms with Crippen LogP contribution in [-0.4, -0.2) is 50.4 Å². The monoisotopic (exact) mass is 306 g/mol. The molecule has 1 saturated heterocycles. The van der Waals surface area contributed by atoms with Crippen molar-refractivity contribution in [2.45, 2.75) is 6.92 Å². The summed E-state index contributed by atoms with van der Waals surface area (Å²) in [5, 5.41) is 12.3. The summed E-state index contributed by atoms with van der Waals surface area (Å²) in [6.07, 6.45) is 2.86. The molecule has 1 aliphatic heterocycles. The molecule has 0 bridgehead atoms. The van der Waals surface area contributed by atoms with E-state index in [-0.39, 0.29) is 22.6 Å². The third-order valence-corrected chi connectivity index (χ3v) is 3.76. The number of amides is 2. The van der Waals surface area contributed by atoms with Gasteiger partial charge in [0.25, 0.3) is 17.4 Å². The van der Waals surface area contributed by atoms with Gasteiger partial charge in [-0.15, -0.1) is 0 Å². The Kier molecular flexibility index (Phi) is 3.70. The van der Waals surface area contributed by atoms with Crippen molar-refractivity contribution in [2.75, 3.05) is 14.1 Å². The zero-order chi connectivity index (χ0) is 16.8. The summed E-state index contributed by atoms with van der Waals surface area (Å²) in [6.45, 7) is 1.65. The maximum Gasteiger partial charge on any atom is 0.277 e. The summed E-state index contributed by atoms with van der Waals surface area (Å²) < 4.78 is 2.57. The number of hydrogen-bond donors (Lipinski definition) is 1. The zero-order valence-electron chi connectivity index (χ0n) is 13.1. The van der Waals surface area contributed by atoms with E-state index < -0.39 is 11.8 Å². The van der Waals surface area contributed by atoms with E-state index in [0.717, 1.165) is 0 Å². The maximum absolute atomic E-state index is 12.0. The van der Waals surface area contributed by atoms with Gasteiger partial charge in [-0.3, -0.25) is 33.8 Å². The van der Waals surface area contributed by atoms with Gasteiger partial charge in [0, 0.05) is 28.2 Å². The fraction of sp³-hybridized carbons (Fsp3) is 0.357. The number of allylic oxidation sites excluding steroid dienone is 2. The predicted octanol–water partition coefficient (Wildman–Crippen LogP) is -0.395. The average molecular weight is 306 g/mol. The smallest absolute Gasteiger partial charge is 0.277 e. The minimum absolute atomic E-state index is 0.0194. The molecule has 0 radical (unpaired) electrons. The summed E-state index contributed by atoms with van der Waals surface area (Å²) >= 11 is 0. The lowest BCUT2D eigenvalue weighted by Crippen LogP contribution is -2.33. The normalized spacial score (nSPS) is 16.0. The Morgan fingerprint density at radius 1 is 0.955 bits per heavy atom. The third-order valence-electron chi connectivity index (χ3n) is 3.76. The molecule has 8 nitrogen and oxygen atoms in total. The number of nitrogens with zero attached hydrogens (tertiary/aromatic N) is 4. The Morgan fingerprint density at radius 2 is 1.45 bits per heavy atom. The van der Waals surface area contributed by atoms with Gasteiger partial charge in [0.15, 0.2) is 0 Å². The predicted molar refractivity (Wildman–Crippen MR) is 79.6 cm³/mol. The van der Waals surface area contributed by atoms with Crippen LogP contribution in [0.15, 0.2) is 22.0 Å². The number of likely N-dealkylation sites (N-methyl/N-ethyl adjacent to an activating group) is 2. The van der Waals surface area contributed by atoms with Crippen molar-refractivity contribution in [3.05, 3.63) is 33.1 Å². The molecule has 0 unspecified atom stereocenters. The highest BCUT2D eigenvalue weighted by atomic mass is 16.3. The van der Waals surface area contributed by atoms with Crippen molar-refractivity contribution in [2.24, 2.45) is 14.1 Å². The van der Waals surface area contributed by atoms with E-state index in [1.54, 1.807) is 14.0 Å². The molecule has 0 aliphatic carbocycles. The van der Waals surface area contributed by atoms with Gasteiger partial charge in [0.05, 0.1) is 0 Å². The van der Waals surface area contributed by atoms with E-state index >= 15 is 0 Å². The Balaban J connectivity index is 2.46. The van der Waals surface area contributed by atoms with Crippen molar-refractivity contribution in [3.63, 3.8) is 0 Å². The number of hydrazine groups is 1. The molecule has 22 heavy (non-hydrogen) atoms. The molecular formula is C14H18N4O4. The van der Waals surface area contributed by atoms with Gasteiger partial charge in [-0.25, -0.2) is 0 Å². The summed E-state index contributed by atoms with van der Waals surface area (Å²) in [4.78, 5) is 35.9. The van der Waals surface area contributed by atoms with Gasteiger partial charge in [-0.1, -0.05) is 0 Å². The fourth-order valence-electron chi connectivity index (χ4n) is 2.18. The Bertz CT molecular complexity index is 759. The zero-order valence-corrected chi connectivity index (χ0v) is 13.1. The fourth-order valence-corrected chi connectivity index (χ4v) is 2.18. The van der Waals surface area contributed by atoms with Crippen LogP contribution < -0.4 is 5.56 Å². The second-order valence-electron chi connectivity index (χ2n) is 5.19. The minimum atomic E-state index is -0.412. The third kappa shape index (κ3) is 2.22. The molecule has 0 atom stereocenters. The molecular weight excluding hydrogens is 288 g/mol. The first-order chi connectivity index (χ1) is 10.2. The van der Waals surface area contributed by atoms with Crippen LogP contribution in [0.1, 0.15) is 12.5 Å². The second kappa shape index (κ2) is 5.21. The summed E-state index contributed by atoms with van der Waals surface area (Å²) in [5.41, 5.74) is 0.278. The number of hydrogen-bond acceptors (Lipinski definition) is 4. The van der Waals surface area contributed by atoms with E-state index in [1.807, 2.05) is 0 Å². The van der Waals surface area contributed by atoms with Crippen LogP contribution in [0.2, 0.25) is 0 Å². The molecule has 0 spiro atoms. The number of carbonyl (C=O) groups is 2. The van der Waals surface area contributed by atoms with Crippen molar-refractivity contribution < 1.29 is 14.7 Å². The molecule has 0 aromatic carbocycles. The van der Waals surface area contributed by atoms with Crippen LogP contribution in [0.4, 0.5) is 0 Å². The SMILES string of the molecule is CC(=Cc1c(O)n(C)n(C)c1=O)C=C1C(=O)N(C)N(C)C1=O. The maximum atomic E-state index is 12.0. The Labute approximate surface area is 127 Å². The van der Waals surface area contributed by atoms with Crippen molar-refractivity contribution in [1.29, 1.82) is 0 Å². The van der Waals surface area contributed by atoms with Gasteiger partial charge in [-0.2, -0.15) is 0 Å². The first-order valence-corrected chi connectivity index (χ1v) is 6.57. The average Bonchev–Trinajstić information content (AvgIpc) is 2.77. The number of rotatable bonds is 2. The first-order valence-electron chi connectivity index (χ1n) is 6.57. The minimum Gasteiger partial charge on any atom is -0.493 e. The first kappa shape index (κ1) is 15.6. The van der Waals surface area contributed by atoms with E-state index in [2.05, 4.69) is 0 Å². The summed E-state index contributed by atoms with van der Waals surface area (Å²) in [7, 11) is 6.08. The van der Waals surface area contributed by atoms with Crippen LogP contribution in [0.5, 0.6) is 5.88 Å². The quantitative estimate of drug-likeness (QED) is 0.595.